The molecule has 0 radical (unpaired) electrons. The van der Waals surface area contributed by atoms with Crippen LogP contribution in [0.5, 0.6) is 0 Å². The van der Waals surface area contributed by atoms with Crippen molar-refractivity contribution < 1.29 is 4.39 Å². The SMILES string of the molecule is CCC(N)Cc1ccncc1F. The molecular weight excluding hydrogens is 155 g/mol. The molecule has 2 N–H and O–H groups in total. The maximum atomic E-state index is 13.0. The zero-order valence-electron chi connectivity index (χ0n) is 7.13. The predicted molar refractivity (Wildman–Crippen MR) is 46.2 cm³/mol. The van der Waals surface area contributed by atoms with Gasteiger partial charge >= 0.3 is 0 Å². The van der Waals surface area contributed by atoms with Gasteiger partial charge in [0.05, 0.1) is 6.20 Å². The summed E-state index contributed by atoms with van der Waals surface area (Å²) in [6, 6.07) is 1.71. The molecule has 0 saturated heterocycles. The molecule has 1 atom stereocenters. The summed E-state index contributed by atoms with van der Waals surface area (Å²) in [5, 5.41) is 0. The van der Waals surface area contributed by atoms with Crippen molar-refractivity contribution in [1.82, 2.24) is 4.98 Å². The van der Waals surface area contributed by atoms with Crippen LogP contribution in [-0.2, 0) is 6.42 Å². The minimum atomic E-state index is -0.263. The third kappa shape index (κ3) is 2.27. The molecule has 1 aromatic rings. The highest BCUT2D eigenvalue weighted by Crippen LogP contribution is 2.07. The maximum Gasteiger partial charge on any atom is 0.144 e. The normalized spacial score (nSPS) is 12.9. The third-order valence-corrected chi connectivity index (χ3v) is 1.86. The second-order valence-electron chi connectivity index (χ2n) is 2.84. The first kappa shape index (κ1) is 9.13. The van der Waals surface area contributed by atoms with E-state index in [1.54, 1.807) is 12.3 Å². The second-order valence-corrected chi connectivity index (χ2v) is 2.84. The van der Waals surface area contributed by atoms with Gasteiger partial charge in [-0.3, -0.25) is 4.98 Å². The number of nitrogens with two attached hydrogens (primary N) is 1. The summed E-state index contributed by atoms with van der Waals surface area (Å²) in [4.78, 5) is 3.66. The molecule has 0 aliphatic rings. The van der Waals surface area contributed by atoms with Crippen molar-refractivity contribution in [2.75, 3.05) is 0 Å². The predicted octanol–water partition coefficient (Wildman–Crippen LogP) is 1.50. The van der Waals surface area contributed by atoms with Crippen molar-refractivity contribution >= 4 is 0 Å². The van der Waals surface area contributed by atoms with Crippen LogP contribution in [0.1, 0.15) is 18.9 Å². The van der Waals surface area contributed by atoms with E-state index in [0.29, 0.717) is 12.0 Å². The van der Waals surface area contributed by atoms with E-state index in [2.05, 4.69) is 4.98 Å². The van der Waals surface area contributed by atoms with Gasteiger partial charge in [-0.05, 0) is 24.5 Å². The molecule has 0 saturated carbocycles. The van der Waals surface area contributed by atoms with Crippen LogP contribution in [0.25, 0.3) is 0 Å². The fourth-order valence-corrected chi connectivity index (χ4v) is 0.996. The minimum absolute atomic E-state index is 0.0434. The highest BCUT2D eigenvalue weighted by atomic mass is 19.1. The lowest BCUT2D eigenvalue weighted by Gasteiger charge is -2.08. The Morgan fingerprint density at radius 3 is 3.00 bits per heavy atom. The summed E-state index contributed by atoms with van der Waals surface area (Å²) in [5.41, 5.74) is 6.34. The van der Waals surface area contributed by atoms with Gasteiger partial charge in [0.2, 0.25) is 0 Å². The molecule has 3 heteroatoms. The van der Waals surface area contributed by atoms with Crippen molar-refractivity contribution in [2.45, 2.75) is 25.8 Å². The summed E-state index contributed by atoms with van der Waals surface area (Å²) >= 11 is 0. The lowest BCUT2D eigenvalue weighted by Crippen LogP contribution is -2.21. The van der Waals surface area contributed by atoms with E-state index < -0.39 is 0 Å². The van der Waals surface area contributed by atoms with E-state index in [4.69, 9.17) is 5.73 Å². The molecule has 0 bridgehead atoms. The molecule has 0 aliphatic carbocycles. The zero-order chi connectivity index (χ0) is 8.97. The molecule has 1 unspecified atom stereocenters. The van der Waals surface area contributed by atoms with Gasteiger partial charge in [0.15, 0.2) is 0 Å². The molecule has 1 heterocycles. The summed E-state index contributed by atoms with van der Waals surface area (Å²) in [5.74, 6) is -0.263. The Morgan fingerprint density at radius 1 is 1.67 bits per heavy atom. The molecule has 1 rings (SSSR count). The molecule has 0 amide bonds. The average molecular weight is 168 g/mol. The van der Waals surface area contributed by atoms with Gasteiger partial charge in [0, 0.05) is 12.2 Å². The number of hydrogen-bond donors (Lipinski definition) is 1. The zero-order valence-corrected chi connectivity index (χ0v) is 7.13. The molecule has 0 aromatic carbocycles. The molecule has 0 spiro atoms. The van der Waals surface area contributed by atoms with Gasteiger partial charge in [-0.1, -0.05) is 6.92 Å². The number of hydrogen-bond acceptors (Lipinski definition) is 2. The lowest BCUT2D eigenvalue weighted by molar-refractivity contribution is 0.574. The van der Waals surface area contributed by atoms with E-state index in [0.717, 1.165) is 6.42 Å². The van der Waals surface area contributed by atoms with Crippen LogP contribution >= 0.6 is 0 Å². The molecule has 12 heavy (non-hydrogen) atoms. The summed E-state index contributed by atoms with van der Waals surface area (Å²) in [6.07, 6.45) is 4.26. The van der Waals surface area contributed by atoms with Crippen molar-refractivity contribution in [3.8, 4) is 0 Å². The van der Waals surface area contributed by atoms with Crippen LogP contribution in [0.2, 0.25) is 0 Å². The van der Waals surface area contributed by atoms with Crippen LogP contribution in [0.15, 0.2) is 18.5 Å². The van der Waals surface area contributed by atoms with Crippen molar-refractivity contribution in [2.24, 2.45) is 5.73 Å². The largest absolute Gasteiger partial charge is 0.327 e. The molecule has 2 nitrogen and oxygen atoms in total. The van der Waals surface area contributed by atoms with Crippen LogP contribution in [0.3, 0.4) is 0 Å². The van der Waals surface area contributed by atoms with Gasteiger partial charge in [-0.25, -0.2) is 4.39 Å². The fraction of sp³-hybridized carbons (Fsp3) is 0.444. The van der Waals surface area contributed by atoms with Crippen LogP contribution < -0.4 is 5.73 Å². The highest BCUT2D eigenvalue weighted by Gasteiger charge is 2.05. The second kappa shape index (κ2) is 4.16. The number of pyridine rings is 1. The third-order valence-electron chi connectivity index (χ3n) is 1.86. The van der Waals surface area contributed by atoms with E-state index in [9.17, 15) is 4.39 Å². The van der Waals surface area contributed by atoms with Crippen LogP contribution in [0.4, 0.5) is 4.39 Å². The lowest BCUT2D eigenvalue weighted by atomic mass is 10.1. The van der Waals surface area contributed by atoms with Crippen molar-refractivity contribution in [3.63, 3.8) is 0 Å². The highest BCUT2D eigenvalue weighted by molar-refractivity contribution is 5.13. The quantitative estimate of drug-likeness (QED) is 0.742. The Labute approximate surface area is 71.6 Å². The fourth-order valence-electron chi connectivity index (χ4n) is 0.996. The average Bonchev–Trinajstić information content (AvgIpc) is 2.09. The van der Waals surface area contributed by atoms with Gasteiger partial charge in [0.25, 0.3) is 0 Å². The van der Waals surface area contributed by atoms with Crippen molar-refractivity contribution in [3.05, 3.63) is 29.8 Å². The van der Waals surface area contributed by atoms with Gasteiger partial charge in [-0.15, -0.1) is 0 Å². The monoisotopic (exact) mass is 168 g/mol. The Kier molecular flexibility index (Phi) is 3.17. The van der Waals surface area contributed by atoms with Crippen LogP contribution in [-0.4, -0.2) is 11.0 Å². The molecule has 0 aliphatic heterocycles. The molecule has 0 fully saturated rings. The number of nitrogens with zero attached hydrogens (tertiary/aromatic N) is 1. The summed E-state index contributed by atoms with van der Waals surface area (Å²) < 4.78 is 13.0. The van der Waals surface area contributed by atoms with Crippen molar-refractivity contribution in [1.29, 1.82) is 0 Å². The van der Waals surface area contributed by atoms with E-state index in [-0.39, 0.29) is 11.9 Å². The standard InChI is InChI=1S/C9H13FN2/c1-2-8(11)5-7-3-4-12-6-9(7)10/h3-4,6,8H,2,5,11H2,1H3. The number of halogens is 1. The Hall–Kier alpha value is -0.960. The summed E-state index contributed by atoms with van der Waals surface area (Å²) in [7, 11) is 0. The Bertz CT molecular complexity index is 250. The number of rotatable bonds is 3. The van der Waals surface area contributed by atoms with Gasteiger partial charge in [0.1, 0.15) is 5.82 Å². The van der Waals surface area contributed by atoms with E-state index >= 15 is 0 Å². The maximum absolute atomic E-state index is 13.0. The first-order valence-electron chi connectivity index (χ1n) is 4.08. The van der Waals surface area contributed by atoms with Gasteiger partial charge in [-0.2, -0.15) is 0 Å². The summed E-state index contributed by atoms with van der Waals surface area (Å²) in [6.45, 7) is 1.99. The molecular formula is C9H13FN2. The Morgan fingerprint density at radius 2 is 2.42 bits per heavy atom. The smallest absolute Gasteiger partial charge is 0.144 e. The van der Waals surface area contributed by atoms with E-state index in [1.807, 2.05) is 6.92 Å². The number of aromatic nitrogens is 1. The molecule has 1 aromatic heterocycles. The van der Waals surface area contributed by atoms with Gasteiger partial charge < -0.3 is 5.73 Å². The minimum Gasteiger partial charge on any atom is -0.327 e. The topological polar surface area (TPSA) is 38.9 Å². The first-order valence-corrected chi connectivity index (χ1v) is 4.08. The molecule has 66 valence electrons. The first-order chi connectivity index (χ1) is 5.74. The Balaban J connectivity index is 2.69. The van der Waals surface area contributed by atoms with Crippen LogP contribution in [0, 0.1) is 5.82 Å². The van der Waals surface area contributed by atoms with E-state index in [1.165, 1.54) is 6.20 Å².